The van der Waals surface area contributed by atoms with E-state index in [9.17, 15) is 5.11 Å². The number of aryl methyl sites for hydroxylation is 1. The van der Waals surface area contributed by atoms with Crippen LogP contribution in [0.3, 0.4) is 0 Å². The Morgan fingerprint density at radius 1 is 1.29 bits per heavy atom. The first kappa shape index (κ1) is 16.0. The van der Waals surface area contributed by atoms with Crippen LogP contribution >= 0.6 is 0 Å². The second kappa shape index (κ2) is 5.53. The van der Waals surface area contributed by atoms with Crippen LogP contribution in [0.2, 0.25) is 0 Å². The maximum Gasteiger partial charge on any atom is 0.131 e. The van der Waals surface area contributed by atoms with Gasteiger partial charge in [-0.3, -0.25) is 0 Å². The third kappa shape index (κ3) is 1.94. The van der Waals surface area contributed by atoms with Crippen molar-refractivity contribution in [1.29, 1.82) is 0 Å². The lowest BCUT2D eigenvalue weighted by Gasteiger charge is -2.53. The normalized spacial score (nSPS) is 40.2. The SMILES string of the molecule is C#C[C@]1(O)CC[C@H]2[C@@H]3CCc4cc(OC)ccc4[C@H]3CC[C@@]21CC. The Morgan fingerprint density at radius 3 is 2.83 bits per heavy atom. The van der Waals surface area contributed by atoms with Crippen molar-refractivity contribution in [2.75, 3.05) is 7.11 Å². The van der Waals surface area contributed by atoms with Crippen molar-refractivity contribution in [2.24, 2.45) is 17.3 Å². The van der Waals surface area contributed by atoms with E-state index in [4.69, 9.17) is 11.2 Å². The molecule has 0 aromatic heterocycles. The van der Waals surface area contributed by atoms with Crippen molar-refractivity contribution in [3.63, 3.8) is 0 Å². The minimum Gasteiger partial charge on any atom is -0.497 e. The summed E-state index contributed by atoms with van der Waals surface area (Å²) in [7, 11) is 1.74. The zero-order valence-corrected chi connectivity index (χ0v) is 14.8. The molecule has 0 radical (unpaired) electrons. The molecule has 0 aliphatic heterocycles. The van der Waals surface area contributed by atoms with E-state index < -0.39 is 5.60 Å². The van der Waals surface area contributed by atoms with Crippen LogP contribution in [0.5, 0.6) is 5.75 Å². The Bertz CT molecular complexity index is 688. The maximum absolute atomic E-state index is 11.1. The summed E-state index contributed by atoms with van der Waals surface area (Å²) in [4.78, 5) is 0. The molecule has 128 valence electrons. The molecule has 1 aromatic rings. The molecular formula is C22H28O2. The summed E-state index contributed by atoms with van der Waals surface area (Å²) < 4.78 is 5.41. The summed E-state index contributed by atoms with van der Waals surface area (Å²) in [6, 6.07) is 6.61. The molecule has 1 N–H and O–H groups in total. The van der Waals surface area contributed by atoms with Crippen molar-refractivity contribution in [3.05, 3.63) is 29.3 Å². The third-order valence-electron chi connectivity index (χ3n) is 7.65. The van der Waals surface area contributed by atoms with Crippen LogP contribution in [-0.4, -0.2) is 17.8 Å². The Hall–Kier alpha value is -1.46. The summed E-state index contributed by atoms with van der Waals surface area (Å²) in [6.07, 6.45) is 13.2. The molecule has 0 heterocycles. The number of rotatable bonds is 2. The monoisotopic (exact) mass is 324 g/mol. The van der Waals surface area contributed by atoms with Gasteiger partial charge in [0.1, 0.15) is 11.4 Å². The topological polar surface area (TPSA) is 29.5 Å². The number of fused-ring (bicyclic) bond motifs is 5. The predicted molar refractivity (Wildman–Crippen MR) is 96.0 cm³/mol. The van der Waals surface area contributed by atoms with E-state index in [1.807, 2.05) is 0 Å². The van der Waals surface area contributed by atoms with Gasteiger partial charge < -0.3 is 9.84 Å². The molecule has 0 spiro atoms. The zero-order valence-electron chi connectivity index (χ0n) is 14.8. The summed E-state index contributed by atoms with van der Waals surface area (Å²) in [5, 5.41) is 11.1. The molecule has 3 aliphatic rings. The molecular weight excluding hydrogens is 296 g/mol. The van der Waals surface area contributed by atoms with Crippen molar-refractivity contribution >= 4 is 0 Å². The average Bonchev–Trinajstić information content (AvgIpc) is 2.94. The molecule has 5 atom stereocenters. The van der Waals surface area contributed by atoms with Crippen molar-refractivity contribution in [1.82, 2.24) is 0 Å². The maximum atomic E-state index is 11.1. The third-order valence-corrected chi connectivity index (χ3v) is 7.65. The van der Waals surface area contributed by atoms with Gasteiger partial charge >= 0.3 is 0 Å². The molecule has 0 unspecified atom stereocenters. The molecule has 2 saturated carbocycles. The summed E-state index contributed by atoms with van der Waals surface area (Å²) >= 11 is 0. The second-order valence-corrected chi connectivity index (χ2v) is 8.07. The van der Waals surface area contributed by atoms with Crippen LogP contribution in [0.25, 0.3) is 0 Å². The predicted octanol–water partition coefficient (Wildman–Crippen LogP) is 4.31. The van der Waals surface area contributed by atoms with E-state index in [0.717, 1.165) is 44.3 Å². The summed E-state index contributed by atoms with van der Waals surface area (Å²) in [5.74, 6) is 5.63. The molecule has 0 amide bonds. The van der Waals surface area contributed by atoms with Crippen LogP contribution in [0.1, 0.15) is 62.5 Å². The van der Waals surface area contributed by atoms with Crippen molar-refractivity contribution in [3.8, 4) is 18.1 Å². The lowest BCUT2D eigenvalue weighted by atomic mass is 9.52. The van der Waals surface area contributed by atoms with Gasteiger partial charge in [0.15, 0.2) is 0 Å². The first-order valence-electron chi connectivity index (χ1n) is 9.45. The van der Waals surface area contributed by atoms with E-state index in [2.05, 4.69) is 31.0 Å². The second-order valence-electron chi connectivity index (χ2n) is 8.07. The van der Waals surface area contributed by atoms with Crippen molar-refractivity contribution < 1.29 is 9.84 Å². The van der Waals surface area contributed by atoms with Gasteiger partial charge in [0.2, 0.25) is 0 Å². The van der Waals surface area contributed by atoms with E-state index in [-0.39, 0.29) is 5.41 Å². The van der Waals surface area contributed by atoms with E-state index in [1.165, 1.54) is 17.5 Å². The van der Waals surface area contributed by atoms with E-state index in [1.54, 1.807) is 7.11 Å². The van der Waals surface area contributed by atoms with Crippen LogP contribution < -0.4 is 4.74 Å². The van der Waals surface area contributed by atoms with Gasteiger partial charge in [-0.2, -0.15) is 0 Å². The lowest BCUT2D eigenvalue weighted by Crippen LogP contribution is -2.51. The van der Waals surface area contributed by atoms with Gasteiger partial charge in [0, 0.05) is 5.41 Å². The minimum absolute atomic E-state index is 0.0626. The van der Waals surface area contributed by atoms with Gasteiger partial charge in [-0.1, -0.05) is 18.9 Å². The number of methoxy groups -OCH3 is 1. The fraction of sp³-hybridized carbons (Fsp3) is 0.636. The molecule has 24 heavy (non-hydrogen) atoms. The molecule has 2 nitrogen and oxygen atoms in total. The van der Waals surface area contributed by atoms with Gasteiger partial charge in [0.25, 0.3) is 0 Å². The van der Waals surface area contributed by atoms with Gasteiger partial charge in [-0.25, -0.2) is 0 Å². The number of hydrogen-bond acceptors (Lipinski definition) is 2. The Morgan fingerprint density at radius 2 is 2.12 bits per heavy atom. The van der Waals surface area contributed by atoms with Gasteiger partial charge in [-0.15, -0.1) is 6.42 Å². The van der Waals surface area contributed by atoms with E-state index >= 15 is 0 Å². The average molecular weight is 324 g/mol. The highest BCUT2D eigenvalue weighted by molar-refractivity contribution is 5.41. The molecule has 1 aromatic carbocycles. The van der Waals surface area contributed by atoms with Crippen LogP contribution in [-0.2, 0) is 6.42 Å². The van der Waals surface area contributed by atoms with Crippen LogP contribution in [0, 0.1) is 29.6 Å². The van der Waals surface area contributed by atoms with Crippen molar-refractivity contribution in [2.45, 2.75) is 63.4 Å². The summed E-state index contributed by atoms with van der Waals surface area (Å²) in [5.41, 5.74) is 2.03. The number of hydrogen-bond donors (Lipinski definition) is 1. The Kier molecular flexibility index (Phi) is 3.69. The quantitative estimate of drug-likeness (QED) is 0.822. The Balaban J connectivity index is 1.71. The Labute approximate surface area is 145 Å². The smallest absolute Gasteiger partial charge is 0.131 e. The summed E-state index contributed by atoms with van der Waals surface area (Å²) in [6.45, 7) is 2.22. The number of ether oxygens (including phenoxy) is 1. The molecule has 0 saturated heterocycles. The standard InChI is InChI=1S/C22H28O2/c1-4-21-12-10-18-17-9-7-16(24-3)14-15(17)6-8-19(18)20(21)11-13-22(21,23)5-2/h2,7,9,14,18-20,23H,4,6,8,10-13H2,1,3H3/t18-,19-,20+,21+,22+/m1/s1. The lowest BCUT2D eigenvalue weighted by molar-refractivity contribution is -0.0799. The minimum atomic E-state index is -0.891. The zero-order chi connectivity index (χ0) is 16.9. The van der Waals surface area contributed by atoms with Gasteiger partial charge in [-0.05, 0) is 86.0 Å². The number of benzene rings is 1. The van der Waals surface area contributed by atoms with Crippen LogP contribution in [0.4, 0.5) is 0 Å². The molecule has 2 heteroatoms. The number of terminal acetylenes is 1. The fourth-order valence-corrected chi connectivity index (χ4v) is 6.47. The molecule has 3 aliphatic carbocycles. The highest BCUT2D eigenvalue weighted by Crippen LogP contribution is 2.65. The first-order chi connectivity index (χ1) is 11.6. The first-order valence-corrected chi connectivity index (χ1v) is 9.45. The van der Waals surface area contributed by atoms with Crippen LogP contribution in [0.15, 0.2) is 18.2 Å². The van der Waals surface area contributed by atoms with E-state index in [0.29, 0.717) is 17.8 Å². The van der Waals surface area contributed by atoms with Gasteiger partial charge in [0.05, 0.1) is 7.11 Å². The largest absolute Gasteiger partial charge is 0.497 e. The number of aliphatic hydroxyl groups is 1. The highest BCUT2D eigenvalue weighted by Gasteiger charge is 2.62. The fourth-order valence-electron chi connectivity index (χ4n) is 6.47. The molecule has 4 rings (SSSR count). The highest BCUT2D eigenvalue weighted by atomic mass is 16.5. The molecule has 2 fully saturated rings. The molecule has 0 bridgehead atoms.